The number of benzene rings is 2. The first-order valence-electron chi connectivity index (χ1n) is 6.21. The van der Waals surface area contributed by atoms with Gasteiger partial charge in [0.15, 0.2) is 0 Å². The van der Waals surface area contributed by atoms with Crippen molar-refractivity contribution in [3.8, 4) is 5.75 Å². The van der Waals surface area contributed by atoms with Crippen LogP contribution in [0, 0.1) is 19.7 Å². The Bertz CT molecular complexity index is 620. The number of rotatable bonds is 3. The van der Waals surface area contributed by atoms with Gasteiger partial charge < -0.3 is 9.84 Å². The van der Waals surface area contributed by atoms with Crippen molar-refractivity contribution in [1.82, 2.24) is 0 Å². The van der Waals surface area contributed by atoms with Gasteiger partial charge in [0, 0.05) is 11.6 Å². The second-order valence-electron chi connectivity index (χ2n) is 4.83. The highest BCUT2D eigenvalue weighted by Crippen LogP contribution is 2.34. The van der Waals surface area contributed by atoms with E-state index in [1.165, 1.54) is 13.2 Å². The van der Waals surface area contributed by atoms with Crippen molar-refractivity contribution in [2.45, 2.75) is 20.0 Å². The average Bonchev–Trinajstić information content (AvgIpc) is 2.39. The summed E-state index contributed by atoms with van der Waals surface area (Å²) in [4.78, 5) is 0. The van der Waals surface area contributed by atoms with Gasteiger partial charge in [0.2, 0.25) is 0 Å². The molecule has 2 nitrogen and oxygen atoms in total. The molecule has 20 heavy (non-hydrogen) atoms. The van der Waals surface area contributed by atoms with Crippen LogP contribution in [0.25, 0.3) is 0 Å². The Hall–Kier alpha value is -1.39. The van der Waals surface area contributed by atoms with Gasteiger partial charge in [-0.25, -0.2) is 4.39 Å². The van der Waals surface area contributed by atoms with Crippen LogP contribution in [0.4, 0.5) is 4.39 Å². The summed E-state index contributed by atoms with van der Waals surface area (Å²) < 4.78 is 19.0. The minimum Gasteiger partial charge on any atom is -0.496 e. The summed E-state index contributed by atoms with van der Waals surface area (Å²) in [5.74, 6) is -0.0874. The molecule has 4 heteroatoms. The highest BCUT2D eigenvalue weighted by Gasteiger charge is 2.18. The molecule has 0 fully saturated rings. The van der Waals surface area contributed by atoms with E-state index in [9.17, 15) is 9.50 Å². The predicted molar refractivity (Wildman–Crippen MR) is 80.6 cm³/mol. The van der Waals surface area contributed by atoms with Crippen LogP contribution in [-0.4, -0.2) is 12.2 Å². The molecule has 0 saturated heterocycles. The predicted octanol–water partition coefficient (Wildman–Crippen LogP) is 4.30. The van der Waals surface area contributed by atoms with Crippen molar-refractivity contribution < 1.29 is 14.2 Å². The average molecular weight is 339 g/mol. The molecule has 1 unspecified atom stereocenters. The van der Waals surface area contributed by atoms with Gasteiger partial charge in [-0.1, -0.05) is 29.3 Å². The number of methoxy groups -OCH3 is 1. The maximum Gasteiger partial charge on any atom is 0.141 e. The maximum atomic E-state index is 13.5. The van der Waals surface area contributed by atoms with Crippen LogP contribution in [0.3, 0.4) is 0 Å². The van der Waals surface area contributed by atoms with E-state index in [4.69, 9.17) is 4.74 Å². The number of aliphatic hydroxyl groups excluding tert-OH is 1. The van der Waals surface area contributed by atoms with Crippen molar-refractivity contribution in [2.75, 3.05) is 7.11 Å². The Balaban J connectivity index is 2.52. The number of aliphatic hydroxyl groups is 1. The lowest BCUT2D eigenvalue weighted by Gasteiger charge is -2.17. The van der Waals surface area contributed by atoms with E-state index >= 15 is 0 Å². The fraction of sp³-hybridized carbons (Fsp3) is 0.250. The lowest BCUT2D eigenvalue weighted by molar-refractivity contribution is 0.214. The smallest absolute Gasteiger partial charge is 0.141 e. The third kappa shape index (κ3) is 3.02. The number of halogens is 2. The van der Waals surface area contributed by atoms with E-state index in [1.54, 1.807) is 6.07 Å². The third-order valence-electron chi connectivity index (χ3n) is 3.13. The normalized spacial score (nSPS) is 12.3. The Morgan fingerprint density at radius 2 is 1.70 bits per heavy atom. The molecule has 2 aromatic rings. The fourth-order valence-corrected chi connectivity index (χ4v) is 2.64. The Morgan fingerprint density at radius 1 is 1.10 bits per heavy atom. The largest absolute Gasteiger partial charge is 0.496 e. The van der Waals surface area contributed by atoms with Crippen molar-refractivity contribution in [2.24, 2.45) is 0 Å². The molecule has 0 radical (unpaired) electrons. The van der Waals surface area contributed by atoms with Gasteiger partial charge in [-0.2, -0.15) is 0 Å². The molecule has 0 heterocycles. The standard InChI is InChI=1S/C16H16BrFO2/c1-9-4-10(2)6-11(5-9)16(19)12-7-13(17)14(18)8-15(12)20-3/h4-8,16,19H,1-3H3. The molecular formula is C16H16BrFO2. The van der Waals surface area contributed by atoms with E-state index in [1.807, 2.05) is 32.0 Å². The molecule has 0 aliphatic heterocycles. The van der Waals surface area contributed by atoms with Crippen LogP contribution >= 0.6 is 15.9 Å². The van der Waals surface area contributed by atoms with Crippen molar-refractivity contribution >= 4 is 15.9 Å². The summed E-state index contributed by atoms with van der Waals surface area (Å²) in [7, 11) is 1.46. The first kappa shape index (κ1) is 15.0. The second-order valence-corrected chi connectivity index (χ2v) is 5.69. The first-order valence-corrected chi connectivity index (χ1v) is 7.01. The lowest BCUT2D eigenvalue weighted by Crippen LogP contribution is -2.04. The lowest BCUT2D eigenvalue weighted by atomic mass is 9.97. The summed E-state index contributed by atoms with van der Waals surface area (Å²) in [6.07, 6.45) is -0.861. The number of hydrogen-bond acceptors (Lipinski definition) is 2. The molecule has 106 valence electrons. The number of hydrogen-bond donors (Lipinski definition) is 1. The van der Waals surface area contributed by atoms with Crippen molar-refractivity contribution in [3.63, 3.8) is 0 Å². The Kier molecular flexibility index (Phi) is 4.45. The van der Waals surface area contributed by atoms with E-state index in [2.05, 4.69) is 15.9 Å². The first-order chi connectivity index (χ1) is 9.42. The van der Waals surface area contributed by atoms with Crippen LogP contribution in [0.2, 0.25) is 0 Å². The molecule has 0 spiro atoms. The number of ether oxygens (including phenoxy) is 1. The number of aryl methyl sites for hydroxylation is 2. The minimum absolute atomic E-state index is 0.303. The molecule has 2 rings (SSSR count). The second kappa shape index (κ2) is 5.94. The monoisotopic (exact) mass is 338 g/mol. The molecule has 1 atom stereocenters. The molecule has 0 aliphatic rings. The van der Waals surface area contributed by atoms with Gasteiger partial charge in [-0.3, -0.25) is 0 Å². The third-order valence-corrected chi connectivity index (χ3v) is 3.73. The van der Waals surface area contributed by atoms with Gasteiger partial charge in [0.05, 0.1) is 11.6 Å². The summed E-state index contributed by atoms with van der Waals surface area (Å²) in [6.45, 7) is 3.95. The highest BCUT2D eigenvalue weighted by molar-refractivity contribution is 9.10. The summed E-state index contributed by atoms with van der Waals surface area (Å²) >= 11 is 3.14. The summed E-state index contributed by atoms with van der Waals surface area (Å²) in [5, 5.41) is 10.5. The highest BCUT2D eigenvalue weighted by atomic mass is 79.9. The molecule has 0 amide bonds. The zero-order valence-corrected chi connectivity index (χ0v) is 13.2. The van der Waals surface area contributed by atoms with Crippen molar-refractivity contribution in [3.05, 3.63) is 62.9 Å². The molecule has 0 saturated carbocycles. The minimum atomic E-state index is -0.861. The van der Waals surface area contributed by atoms with Crippen LogP contribution in [0.15, 0.2) is 34.8 Å². The Labute approximate surface area is 126 Å². The molecular weight excluding hydrogens is 323 g/mol. The van der Waals surface area contributed by atoms with Gasteiger partial charge in [0.1, 0.15) is 17.7 Å². The Morgan fingerprint density at radius 3 is 2.25 bits per heavy atom. The van der Waals surface area contributed by atoms with Gasteiger partial charge in [-0.15, -0.1) is 0 Å². The zero-order valence-electron chi connectivity index (χ0n) is 11.6. The summed E-state index contributed by atoms with van der Waals surface area (Å²) in [6, 6.07) is 8.68. The SMILES string of the molecule is COc1cc(F)c(Br)cc1C(O)c1cc(C)cc(C)c1. The van der Waals surface area contributed by atoms with E-state index < -0.39 is 11.9 Å². The molecule has 2 aromatic carbocycles. The molecule has 0 aliphatic carbocycles. The van der Waals surface area contributed by atoms with Gasteiger partial charge in [-0.05, 0) is 41.4 Å². The van der Waals surface area contributed by atoms with Crippen LogP contribution in [-0.2, 0) is 0 Å². The van der Waals surface area contributed by atoms with Gasteiger partial charge in [0.25, 0.3) is 0 Å². The topological polar surface area (TPSA) is 29.5 Å². The van der Waals surface area contributed by atoms with Crippen LogP contribution in [0.5, 0.6) is 5.75 Å². The van der Waals surface area contributed by atoms with Gasteiger partial charge >= 0.3 is 0 Å². The molecule has 1 N–H and O–H groups in total. The van der Waals surface area contributed by atoms with E-state index in [-0.39, 0.29) is 0 Å². The maximum absolute atomic E-state index is 13.5. The van der Waals surface area contributed by atoms with E-state index in [0.717, 1.165) is 16.7 Å². The fourth-order valence-electron chi connectivity index (χ4n) is 2.28. The quantitative estimate of drug-likeness (QED) is 0.904. The van der Waals surface area contributed by atoms with Crippen molar-refractivity contribution in [1.29, 1.82) is 0 Å². The molecule has 0 aromatic heterocycles. The van der Waals surface area contributed by atoms with Crippen LogP contribution < -0.4 is 4.74 Å². The summed E-state index contributed by atoms with van der Waals surface area (Å²) in [5.41, 5.74) is 3.43. The molecule has 0 bridgehead atoms. The van der Waals surface area contributed by atoms with E-state index in [0.29, 0.717) is 15.8 Å². The van der Waals surface area contributed by atoms with Crippen LogP contribution in [0.1, 0.15) is 28.4 Å². The zero-order chi connectivity index (χ0) is 14.9.